The molecule has 0 bridgehead atoms. The van der Waals surface area contributed by atoms with Gasteiger partial charge in [-0.25, -0.2) is 19.2 Å². The Labute approximate surface area is 198 Å². The molecule has 1 aromatic heterocycles. The van der Waals surface area contributed by atoms with Crippen LogP contribution in [0.3, 0.4) is 0 Å². The molecule has 0 radical (unpaired) electrons. The van der Waals surface area contributed by atoms with Crippen LogP contribution in [0.2, 0.25) is 0 Å². The number of urea groups is 1. The first-order valence-electron chi connectivity index (χ1n) is 10.6. The zero-order chi connectivity index (χ0) is 24.9. The predicted molar refractivity (Wildman–Crippen MR) is 134 cm³/mol. The first-order chi connectivity index (χ1) is 16.0. The van der Waals surface area contributed by atoms with Gasteiger partial charge in [0, 0.05) is 29.2 Å². The molecule has 34 heavy (non-hydrogen) atoms. The van der Waals surface area contributed by atoms with E-state index in [-0.39, 0.29) is 22.9 Å². The fourth-order valence-corrected chi connectivity index (χ4v) is 2.95. The van der Waals surface area contributed by atoms with E-state index >= 15 is 0 Å². The maximum atomic E-state index is 14.6. The highest BCUT2D eigenvalue weighted by atomic mass is 19.1. The summed E-state index contributed by atoms with van der Waals surface area (Å²) in [6.45, 7) is 7.86. The van der Waals surface area contributed by atoms with E-state index in [0.29, 0.717) is 22.5 Å². The average Bonchev–Trinajstić information content (AvgIpc) is 2.76. The summed E-state index contributed by atoms with van der Waals surface area (Å²) < 4.78 is 14.6. The third-order valence-corrected chi connectivity index (χ3v) is 4.68. The van der Waals surface area contributed by atoms with Crippen LogP contribution in [-0.4, -0.2) is 27.2 Å². The van der Waals surface area contributed by atoms with Gasteiger partial charge in [0.25, 0.3) is 0 Å². The molecule has 0 saturated carbocycles. The minimum atomic E-state index is -0.608. The molecular weight excluding hydrogens is 433 g/mol. The van der Waals surface area contributed by atoms with Gasteiger partial charge in [0.15, 0.2) is 0 Å². The van der Waals surface area contributed by atoms with Crippen LogP contribution in [0.1, 0.15) is 37.6 Å². The summed E-state index contributed by atoms with van der Waals surface area (Å²) in [5.41, 5.74) is 8.33. The summed E-state index contributed by atoms with van der Waals surface area (Å²) in [7, 11) is 0. The van der Waals surface area contributed by atoms with Crippen LogP contribution in [0.4, 0.5) is 26.5 Å². The third kappa shape index (κ3) is 6.61. The van der Waals surface area contributed by atoms with E-state index < -0.39 is 11.8 Å². The molecule has 0 unspecified atom stereocenters. The van der Waals surface area contributed by atoms with Crippen molar-refractivity contribution in [2.24, 2.45) is 0 Å². The first-order valence-corrected chi connectivity index (χ1v) is 10.6. The number of nitrogens with one attached hydrogen (secondary N) is 4. The molecule has 2 amide bonds. The molecule has 3 rings (SSSR count). The molecule has 0 fully saturated rings. The van der Waals surface area contributed by atoms with Gasteiger partial charge in [0.1, 0.15) is 5.82 Å². The Morgan fingerprint density at radius 3 is 2.44 bits per heavy atom. The first kappa shape index (κ1) is 24.4. The zero-order valence-corrected chi connectivity index (χ0v) is 19.5. The molecule has 0 spiro atoms. The molecule has 0 aliphatic heterocycles. The molecule has 1 heterocycles. The number of nitrogens with zero attached hydrogens (tertiary/aromatic N) is 2. The highest BCUT2D eigenvalue weighted by Gasteiger charge is 2.17. The second-order valence-electron chi connectivity index (χ2n) is 8.77. The van der Waals surface area contributed by atoms with Crippen molar-refractivity contribution in [2.45, 2.75) is 33.2 Å². The number of amides is 2. The summed E-state index contributed by atoms with van der Waals surface area (Å²) in [5, 5.41) is 17.2. The van der Waals surface area contributed by atoms with Gasteiger partial charge in [0.2, 0.25) is 5.95 Å². The van der Waals surface area contributed by atoms with E-state index in [1.807, 2.05) is 39.8 Å². The van der Waals surface area contributed by atoms with Crippen LogP contribution in [0.15, 0.2) is 60.9 Å². The lowest BCUT2D eigenvalue weighted by Crippen LogP contribution is -2.32. The quantitative estimate of drug-likeness (QED) is 0.332. The van der Waals surface area contributed by atoms with Crippen molar-refractivity contribution in [1.82, 2.24) is 15.3 Å². The Morgan fingerprint density at radius 2 is 1.79 bits per heavy atom. The average molecular weight is 462 g/mol. The molecule has 0 saturated heterocycles. The number of rotatable bonds is 6. The summed E-state index contributed by atoms with van der Waals surface area (Å²) in [6, 6.07) is 12.5. The number of hydrogen-bond acceptors (Lipinski definition) is 6. The van der Waals surface area contributed by atoms with Crippen molar-refractivity contribution in [1.29, 1.82) is 5.41 Å². The van der Waals surface area contributed by atoms with Gasteiger partial charge in [-0.2, -0.15) is 0 Å². The summed E-state index contributed by atoms with van der Waals surface area (Å²) in [6.07, 6.45) is 3.14. The summed E-state index contributed by atoms with van der Waals surface area (Å²) in [4.78, 5) is 20.5. The zero-order valence-electron chi connectivity index (χ0n) is 19.5. The molecule has 3 aromatic rings. The van der Waals surface area contributed by atoms with Gasteiger partial charge in [0.05, 0.1) is 17.1 Å². The summed E-state index contributed by atoms with van der Waals surface area (Å²) >= 11 is 0. The van der Waals surface area contributed by atoms with Crippen LogP contribution in [-0.2, 0) is 0 Å². The Hall–Kier alpha value is -4.27. The standard InChI is InChI=1S/C25H28FN7O/c1-15-5-8-17(9-6-15)31-24(34)33-21-13-16(7-10-19(21)26)18(14-30-25(2,3)4)22(27)20-11-12-29-23(28)32-20/h5-14,27,30H,1-4H3,(H2,28,29,32)(H2,31,33,34)/b18-14-,27-22?. The van der Waals surface area contributed by atoms with E-state index in [1.165, 1.54) is 24.4 Å². The predicted octanol–water partition coefficient (Wildman–Crippen LogP) is 4.95. The Balaban J connectivity index is 1.92. The van der Waals surface area contributed by atoms with E-state index in [0.717, 1.165) is 5.56 Å². The topological polar surface area (TPSA) is 129 Å². The number of nitrogen functional groups attached to an aromatic ring is 1. The number of aromatic nitrogens is 2. The highest BCUT2D eigenvalue weighted by molar-refractivity contribution is 6.29. The van der Waals surface area contributed by atoms with Crippen molar-refractivity contribution in [3.63, 3.8) is 0 Å². The van der Waals surface area contributed by atoms with E-state index in [9.17, 15) is 9.18 Å². The van der Waals surface area contributed by atoms with Crippen molar-refractivity contribution >= 4 is 34.6 Å². The Kier molecular flexibility index (Phi) is 7.25. The lowest BCUT2D eigenvalue weighted by atomic mass is 9.98. The second-order valence-corrected chi connectivity index (χ2v) is 8.77. The van der Waals surface area contributed by atoms with Gasteiger partial charge in [-0.3, -0.25) is 5.41 Å². The van der Waals surface area contributed by atoms with Crippen molar-refractivity contribution in [3.05, 3.63) is 83.6 Å². The second kappa shape index (κ2) is 10.1. The maximum absolute atomic E-state index is 14.6. The van der Waals surface area contributed by atoms with Crippen molar-refractivity contribution < 1.29 is 9.18 Å². The molecule has 2 aromatic carbocycles. The minimum absolute atomic E-state index is 0.0289. The van der Waals surface area contributed by atoms with E-state index in [1.54, 1.807) is 24.4 Å². The number of hydrogen-bond donors (Lipinski definition) is 5. The monoisotopic (exact) mass is 461 g/mol. The number of carbonyl (C=O) groups is 1. The molecule has 0 aliphatic carbocycles. The minimum Gasteiger partial charge on any atom is -0.386 e. The SMILES string of the molecule is Cc1ccc(NC(=O)Nc2cc(/C(=C/NC(C)(C)C)C(=N)c3ccnc(N)n3)ccc2F)cc1. The smallest absolute Gasteiger partial charge is 0.323 e. The lowest BCUT2D eigenvalue weighted by molar-refractivity contribution is 0.262. The number of halogens is 1. The highest BCUT2D eigenvalue weighted by Crippen LogP contribution is 2.25. The van der Waals surface area contributed by atoms with Crippen LogP contribution in [0.25, 0.3) is 5.57 Å². The maximum Gasteiger partial charge on any atom is 0.323 e. The number of nitrogens with two attached hydrogens (primary N) is 1. The van der Waals surface area contributed by atoms with Crippen LogP contribution >= 0.6 is 0 Å². The van der Waals surface area contributed by atoms with Crippen molar-refractivity contribution in [3.8, 4) is 0 Å². The van der Waals surface area contributed by atoms with Gasteiger partial charge >= 0.3 is 6.03 Å². The molecule has 176 valence electrons. The fraction of sp³-hybridized carbons (Fsp3) is 0.200. The number of allylic oxidation sites excluding steroid dienone is 1. The molecule has 0 atom stereocenters. The molecule has 9 heteroatoms. The largest absolute Gasteiger partial charge is 0.386 e. The number of benzene rings is 2. The van der Waals surface area contributed by atoms with Gasteiger partial charge < -0.3 is 21.7 Å². The fourth-order valence-electron chi connectivity index (χ4n) is 2.95. The lowest BCUT2D eigenvalue weighted by Gasteiger charge is -2.21. The Bertz CT molecular complexity index is 1230. The Morgan fingerprint density at radius 1 is 1.09 bits per heavy atom. The van der Waals surface area contributed by atoms with E-state index in [2.05, 4.69) is 25.9 Å². The van der Waals surface area contributed by atoms with E-state index in [4.69, 9.17) is 11.1 Å². The van der Waals surface area contributed by atoms with Gasteiger partial charge in [-0.15, -0.1) is 0 Å². The van der Waals surface area contributed by atoms with Gasteiger partial charge in [-0.05, 0) is 63.6 Å². The third-order valence-electron chi connectivity index (χ3n) is 4.68. The number of aryl methyl sites for hydroxylation is 1. The van der Waals surface area contributed by atoms with Crippen molar-refractivity contribution in [2.75, 3.05) is 16.4 Å². The molecular formula is C25H28FN7O. The molecule has 0 aliphatic rings. The normalized spacial score (nSPS) is 11.6. The number of anilines is 3. The van der Waals surface area contributed by atoms with Crippen LogP contribution < -0.4 is 21.7 Å². The molecule has 6 N–H and O–H groups in total. The van der Waals surface area contributed by atoms with Gasteiger partial charge in [-0.1, -0.05) is 23.8 Å². The summed E-state index contributed by atoms with van der Waals surface area (Å²) in [5.74, 6) is -0.566. The molecule has 8 nitrogen and oxygen atoms in total. The van der Waals surface area contributed by atoms with Crippen LogP contribution in [0.5, 0.6) is 0 Å². The number of carbonyl (C=O) groups excluding carboxylic acids is 1. The van der Waals surface area contributed by atoms with Crippen LogP contribution in [0, 0.1) is 18.2 Å².